The first-order valence-electron chi connectivity index (χ1n) is 9.16. The number of aliphatic hydroxyl groups is 1. The molecule has 1 atom stereocenters. The van der Waals surface area contributed by atoms with E-state index in [2.05, 4.69) is 0 Å². The van der Waals surface area contributed by atoms with Crippen LogP contribution in [-0.2, 0) is 9.59 Å². The minimum absolute atomic E-state index is 0.0602. The second-order valence-electron chi connectivity index (χ2n) is 6.93. The van der Waals surface area contributed by atoms with Crippen LogP contribution in [0.4, 0.5) is 5.69 Å². The van der Waals surface area contributed by atoms with Crippen LogP contribution in [0.25, 0.3) is 5.76 Å². The summed E-state index contributed by atoms with van der Waals surface area (Å²) < 4.78 is 0. The molecule has 0 spiro atoms. The number of amides is 1. The number of Topliss-reactive ketones (excluding diaryl/α,β-unsaturated/α-hetero) is 1. The Morgan fingerprint density at radius 2 is 1.62 bits per heavy atom. The normalized spacial score (nSPS) is 18.3. The van der Waals surface area contributed by atoms with Crippen LogP contribution in [0, 0.1) is 6.92 Å². The van der Waals surface area contributed by atoms with Crippen LogP contribution in [0.15, 0.2) is 84.4 Å². The van der Waals surface area contributed by atoms with Gasteiger partial charge in [0.05, 0.1) is 11.6 Å². The lowest BCUT2D eigenvalue weighted by Gasteiger charge is -2.25. The number of anilines is 1. The topological polar surface area (TPSA) is 57.6 Å². The quantitative estimate of drug-likeness (QED) is 0.368. The fraction of sp³-hybridized carbons (Fsp3) is 0.0833. The summed E-state index contributed by atoms with van der Waals surface area (Å²) in [5.74, 6) is -1.62. The van der Waals surface area contributed by atoms with Crippen molar-refractivity contribution < 1.29 is 14.7 Å². The van der Waals surface area contributed by atoms with Gasteiger partial charge < -0.3 is 5.11 Å². The molecule has 0 saturated carbocycles. The third kappa shape index (κ3) is 3.43. The predicted octanol–water partition coefficient (Wildman–Crippen LogP) is 5.27. The summed E-state index contributed by atoms with van der Waals surface area (Å²) in [6.07, 6.45) is 0. The molecule has 1 fully saturated rings. The second kappa shape index (κ2) is 7.57. The maximum atomic E-state index is 13.0. The zero-order valence-electron chi connectivity index (χ0n) is 15.7. The molecule has 5 heteroatoms. The van der Waals surface area contributed by atoms with Crippen molar-refractivity contribution in [3.8, 4) is 0 Å². The molecular weight excluding hydrogens is 386 g/mol. The van der Waals surface area contributed by atoms with Crippen molar-refractivity contribution in [1.29, 1.82) is 0 Å². The van der Waals surface area contributed by atoms with Crippen LogP contribution in [0.2, 0.25) is 5.02 Å². The van der Waals surface area contributed by atoms with Crippen LogP contribution >= 0.6 is 11.6 Å². The molecule has 0 unspecified atom stereocenters. The molecule has 1 saturated heterocycles. The largest absolute Gasteiger partial charge is 0.507 e. The molecule has 144 valence electrons. The summed E-state index contributed by atoms with van der Waals surface area (Å²) in [5.41, 5.74) is 2.82. The first-order valence-corrected chi connectivity index (χ1v) is 9.53. The van der Waals surface area contributed by atoms with Gasteiger partial charge in [-0.3, -0.25) is 14.5 Å². The minimum atomic E-state index is -0.755. The van der Waals surface area contributed by atoms with Gasteiger partial charge in [0.2, 0.25) is 0 Å². The Labute approximate surface area is 173 Å². The first kappa shape index (κ1) is 19.0. The molecule has 1 aliphatic heterocycles. The lowest BCUT2D eigenvalue weighted by molar-refractivity contribution is -0.132. The second-order valence-corrected chi connectivity index (χ2v) is 7.36. The Balaban J connectivity index is 1.96. The summed E-state index contributed by atoms with van der Waals surface area (Å²) in [7, 11) is 0. The Bertz CT molecular complexity index is 1120. The fourth-order valence-corrected chi connectivity index (χ4v) is 3.73. The van der Waals surface area contributed by atoms with Gasteiger partial charge in [-0.05, 0) is 30.7 Å². The van der Waals surface area contributed by atoms with Crippen molar-refractivity contribution in [3.63, 3.8) is 0 Å². The highest BCUT2D eigenvalue weighted by molar-refractivity contribution is 6.51. The minimum Gasteiger partial charge on any atom is -0.507 e. The van der Waals surface area contributed by atoms with E-state index in [1.165, 1.54) is 4.90 Å². The molecule has 4 nitrogen and oxygen atoms in total. The van der Waals surface area contributed by atoms with Gasteiger partial charge in [0.15, 0.2) is 0 Å². The van der Waals surface area contributed by atoms with Gasteiger partial charge in [0.1, 0.15) is 5.76 Å². The molecule has 0 radical (unpaired) electrons. The number of halogens is 1. The van der Waals surface area contributed by atoms with Crippen molar-refractivity contribution in [3.05, 3.63) is 106 Å². The Morgan fingerprint density at radius 3 is 2.28 bits per heavy atom. The zero-order valence-corrected chi connectivity index (χ0v) is 16.4. The predicted molar refractivity (Wildman–Crippen MR) is 114 cm³/mol. The summed E-state index contributed by atoms with van der Waals surface area (Å²) in [5, 5.41) is 11.4. The van der Waals surface area contributed by atoms with Crippen LogP contribution in [-0.4, -0.2) is 16.8 Å². The third-order valence-electron chi connectivity index (χ3n) is 4.97. The lowest BCUT2D eigenvalue weighted by atomic mass is 9.94. The summed E-state index contributed by atoms with van der Waals surface area (Å²) in [4.78, 5) is 27.4. The van der Waals surface area contributed by atoms with Gasteiger partial charge in [-0.15, -0.1) is 0 Å². The molecular formula is C24H18ClNO3. The molecule has 0 aliphatic carbocycles. The molecule has 4 rings (SSSR count). The highest BCUT2D eigenvalue weighted by Gasteiger charge is 2.46. The number of aliphatic hydroxyl groups excluding tert-OH is 1. The number of ketones is 1. The van der Waals surface area contributed by atoms with Gasteiger partial charge in [-0.1, -0.05) is 77.8 Å². The molecule has 0 aromatic heterocycles. The zero-order chi connectivity index (χ0) is 20.5. The average molecular weight is 404 g/mol. The van der Waals surface area contributed by atoms with Crippen LogP contribution in [0.3, 0.4) is 0 Å². The van der Waals surface area contributed by atoms with E-state index in [1.807, 2.05) is 37.3 Å². The van der Waals surface area contributed by atoms with Gasteiger partial charge >= 0.3 is 0 Å². The standard InChI is InChI=1S/C24H18ClNO3/c1-15-10-12-16(13-11-15)21-20(22(27)17-6-3-2-4-7-17)23(28)24(29)26(21)19-9-5-8-18(25)14-19/h2-14,21,27H,1H3/b22-20+/t21-/m0/s1. The highest BCUT2D eigenvalue weighted by Crippen LogP contribution is 2.42. The first-order chi connectivity index (χ1) is 14.0. The maximum absolute atomic E-state index is 13.0. The average Bonchev–Trinajstić information content (AvgIpc) is 2.99. The number of carbonyl (C=O) groups is 2. The summed E-state index contributed by atoms with van der Waals surface area (Å²) in [6.45, 7) is 1.96. The van der Waals surface area contributed by atoms with Crippen molar-refractivity contribution in [2.24, 2.45) is 0 Å². The van der Waals surface area contributed by atoms with Gasteiger partial charge in [0.25, 0.3) is 11.7 Å². The fourth-order valence-electron chi connectivity index (χ4n) is 3.54. The number of carbonyl (C=O) groups excluding carboxylic acids is 2. The molecule has 3 aromatic rings. The number of aryl methyl sites for hydroxylation is 1. The van der Waals surface area contributed by atoms with E-state index in [1.54, 1.807) is 48.5 Å². The number of hydrogen-bond acceptors (Lipinski definition) is 3. The number of benzene rings is 3. The smallest absolute Gasteiger partial charge is 0.300 e. The van der Waals surface area contributed by atoms with Crippen molar-refractivity contribution in [2.75, 3.05) is 4.90 Å². The molecule has 1 heterocycles. The van der Waals surface area contributed by atoms with Gasteiger partial charge in [0, 0.05) is 16.3 Å². The van der Waals surface area contributed by atoms with E-state index in [4.69, 9.17) is 11.6 Å². The van der Waals surface area contributed by atoms with E-state index < -0.39 is 17.7 Å². The third-order valence-corrected chi connectivity index (χ3v) is 5.21. The summed E-state index contributed by atoms with van der Waals surface area (Å²) >= 11 is 6.13. The molecule has 29 heavy (non-hydrogen) atoms. The Hall–Kier alpha value is -3.37. The highest BCUT2D eigenvalue weighted by atomic mass is 35.5. The summed E-state index contributed by atoms with van der Waals surface area (Å²) in [6, 6.07) is 22.3. The van der Waals surface area contributed by atoms with Crippen molar-refractivity contribution in [1.82, 2.24) is 0 Å². The van der Waals surface area contributed by atoms with E-state index in [0.717, 1.165) is 11.1 Å². The molecule has 1 N–H and O–H groups in total. The molecule has 1 aliphatic rings. The monoisotopic (exact) mass is 403 g/mol. The van der Waals surface area contributed by atoms with Crippen LogP contribution < -0.4 is 4.90 Å². The SMILES string of the molecule is Cc1ccc([C@H]2/C(=C(\O)c3ccccc3)C(=O)C(=O)N2c2cccc(Cl)c2)cc1. The lowest BCUT2D eigenvalue weighted by Crippen LogP contribution is -2.29. The number of hydrogen-bond donors (Lipinski definition) is 1. The van der Waals surface area contributed by atoms with Gasteiger partial charge in [-0.2, -0.15) is 0 Å². The Kier molecular flexibility index (Phi) is 4.95. The van der Waals surface area contributed by atoms with E-state index in [0.29, 0.717) is 16.3 Å². The van der Waals surface area contributed by atoms with Gasteiger partial charge in [-0.25, -0.2) is 0 Å². The number of nitrogens with zero attached hydrogens (tertiary/aromatic N) is 1. The molecule has 3 aromatic carbocycles. The Morgan fingerprint density at radius 1 is 0.931 bits per heavy atom. The number of rotatable bonds is 3. The van der Waals surface area contributed by atoms with Crippen molar-refractivity contribution in [2.45, 2.75) is 13.0 Å². The molecule has 0 bridgehead atoms. The maximum Gasteiger partial charge on any atom is 0.300 e. The van der Waals surface area contributed by atoms with Crippen molar-refractivity contribution >= 4 is 34.7 Å². The molecule has 1 amide bonds. The van der Waals surface area contributed by atoms with Crippen LogP contribution in [0.1, 0.15) is 22.7 Å². The van der Waals surface area contributed by atoms with E-state index >= 15 is 0 Å². The van der Waals surface area contributed by atoms with E-state index in [9.17, 15) is 14.7 Å². The van der Waals surface area contributed by atoms with Crippen LogP contribution in [0.5, 0.6) is 0 Å². The van der Waals surface area contributed by atoms with E-state index in [-0.39, 0.29) is 11.3 Å².